The van der Waals surface area contributed by atoms with Crippen LogP contribution in [-0.2, 0) is 32.5 Å². The van der Waals surface area contributed by atoms with Crippen molar-refractivity contribution in [1.29, 1.82) is 0 Å². The summed E-state index contributed by atoms with van der Waals surface area (Å²) in [6, 6.07) is 7.75. The minimum atomic E-state index is -3.02. The average Bonchev–Trinajstić information content (AvgIpc) is 2.54. The molecule has 0 saturated carbocycles. The molecule has 1 aliphatic rings. The summed E-state index contributed by atoms with van der Waals surface area (Å²) >= 11 is 0. The van der Waals surface area contributed by atoms with Crippen molar-refractivity contribution in [1.82, 2.24) is 4.90 Å². The van der Waals surface area contributed by atoms with Gasteiger partial charge in [0.2, 0.25) is 0 Å². The summed E-state index contributed by atoms with van der Waals surface area (Å²) < 4.78 is 33.7. The van der Waals surface area contributed by atoms with E-state index in [-0.39, 0.29) is 24.2 Å². The van der Waals surface area contributed by atoms with Crippen LogP contribution < -0.4 is 0 Å². The van der Waals surface area contributed by atoms with E-state index < -0.39 is 9.84 Å². The maximum atomic E-state index is 11.6. The first-order chi connectivity index (χ1) is 11.0. The minimum absolute atomic E-state index is 0.0366. The fourth-order valence-corrected chi connectivity index (χ4v) is 4.19. The Morgan fingerprint density at radius 2 is 1.91 bits per heavy atom. The number of aliphatic hydroxyl groups excluding tert-OH is 1. The molecule has 1 fully saturated rings. The molecule has 1 N–H and O–H groups in total. The molecule has 1 atom stereocenters. The van der Waals surface area contributed by atoms with E-state index in [0.717, 1.165) is 11.1 Å². The van der Waals surface area contributed by atoms with Crippen LogP contribution >= 0.6 is 0 Å². The first-order valence-electron chi connectivity index (χ1n) is 7.74. The molecule has 2 rings (SSSR count). The molecule has 7 heteroatoms. The number of aliphatic hydroxyl groups is 1. The van der Waals surface area contributed by atoms with Crippen LogP contribution in [0.25, 0.3) is 0 Å². The van der Waals surface area contributed by atoms with Gasteiger partial charge in [-0.05, 0) is 11.1 Å². The molecule has 1 aliphatic heterocycles. The molecule has 6 nitrogen and oxygen atoms in total. The molecular weight excluding hydrogens is 318 g/mol. The van der Waals surface area contributed by atoms with Crippen LogP contribution in [-0.4, -0.2) is 69.4 Å². The van der Waals surface area contributed by atoms with Gasteiger partial charge in [0.15, 0.2) is 9.84 Å². The van der Waals surface area contributed by atoms with Crippen LogP contribution in [0.4, 0.5) is 0 Å². The lowest BCUT2D eigenvalue weighted by Gasteiger charge is -2.34. The Morgan fingerprint density at radius 3 is 2.57 bits per heavy atom. The number of rotatable bonds is 8. The summed E-state index contributed by atoms with van der Waals surface area (Å²) in [7, 11) is -1.38. The van der Waals surface area contributed by atoms with Crippen molar-refractivity contribution in [3.05, 3.63) is 35.4 Å². The van der Waals surface area contributed by atoms with Crippen molar-refractivity contribution in [2.75, 3.05) is 45.0 Å². The highest BCUT2D eigenvalue weighted by Gasteiger charge is 2.30. The lowest BCUT2D eigenvalue weighted by Crippen LogP contribution is -2.49. The highest BCUT2D eigenvalue weighted by molar-refractivity contribution is 7.91. The number of hydrogen-bond donors (Lipinski definition) is 1. The molecule has 0 amide bonds. The van der Waals surface area contributed by atoms with Crippen LogP contribution in [0.1, 0.15) is 11.1 Å². The van der Waals surface area contributed by atoms with E-state index in [2.05, 4.69) is 0 Å². The van der Waals surface area contributed by atoms with Crippen LogP contribution in [0.15, 0.2) is 24.3 Å². The summed E-state index contributed by atoms with van der Waals surface area (Å²) in [6.07, 6.45) is 0. The van der Waals surface area contributed by atoms with Crippen LogP contribution in [0.5, 0.6) is 0 Å². The Morgan fingerprint density at radius 1 is 1.22 bits per heavy atom. The number of benzene rings is 1. The number of methoxy groups -OCH3 is 1. The molecule has 1 saturated heterocycles. The molecule has 0 spiro atoms. The van der Waals surface area contributed by atoms with E-state index in [9.17, 15) is 13.5 Å². The molecule has 0 bridgehead atoms. The molecule has 0 aromatic heterocycles. The lowest BCUT2D eigenvalue weighted by molar-refractivity contribution is 0.0616. The van der Waals surface area contributed by atoms with E-state index in [1.54, 1.807) is 7.11 Å². The average molecular weight is 343 g/mol. The van der Waals surface area contributed by atoms with Crippen molar-refractivity contribution >= 4 is 9.84 Å². The summed E-state index contributed by atoms with van der Waals surface area (Å²) in [5, 5.41) is 9.42. The van der Waals surface area contributed by atoms with Crippen molar-refractivity contribution in [2.24, 2.45) is 0 Å². The predicted octanol–water partition coefficient (Wildman–Crippen LogP) is 0.441. The minimum Gasteiger partial charge on any atom is -0.395 e. The second-order valence-electron chi connectivity index (χ2n) is 5.78. The normalized spacial score (nSPS) is 21.4. The summed E-state index contributed by atoms with van der Waals surface area (Å²) in [5.41, 5.74) is 2.19. The fraction of sp³-hybridized carbons (Fsp3) is 0.625. The number of hydrogen-bond acceptors (Lipinski definition) is 6. The topological polar surface area (TPSA) is 76.1 Å². The van der Waals surface area contributed by atoms with Gasteiger partial charge < -0.3 is 14.6 Å². The van der Waals surface area contributed by atoms with Gasteiger partial charge in [0.1, 0.15) is 0 Å². The first kappa shape index (κ1) is 18.4. The second kappa shape index (κ2) is 8.75. The first-order valence-corrected chi connectivity index (χ1v) is 9.56. The molecule has 23 heavy (non-hydrogen) atoms. The lowest BCUT2D eigenvalue weighted by atomic mass is 10.1. The highest BCUT2D eigenvalue weighted by Crippen LogP contribution is 2.16. The largest absolute Gasteiger partial charge is 0.395 e. The zero-order valence-electron chi connectivity index (χ0n) is 13.5. The Balaban J connectivity index is 1.87. The van der Waals surface area contributed by atoms with Crippen LogP contribution in [0, 0.1) is 0 Å². The molecule has 1 aromatic rings. The molecular formula is C16H25NO5S. The third kappa shape index (κ3) is 5.86. The zero-order chi connectivity index (χ0) is 16.7. The predicted molar refractivity (Wildman–Crippen MR) is 87.9 cm³/mol. The zero-order valence-corrected chi connectivity index (χ0v) is 14.3. The third-order valence-corrected chi connectivity index (χ3v) is 5.67. The molecule has 1 unspecified atom stereocenters. The van der Waals surface area contributed by atoms with Crippen molar-refractivity contribution in [3.63, 3.8) is 0 Å². The van der Waals surface area contributed by atoms with Gasteiger partial charge in [0.05, 0.1) is 37.9 Å². The van der Waals surface area contributed by atoms with Gasteiger partial charge in [-0.2, -0.15) is 0 Å². The monoisotopic (exact) mass is 343 g/mol. The van der Waals surface area contributed by atoms with Gasteiger partial charge in [-0.15, -0.1) is 0 Å². The summed E-state index contributed by atoms with van der Waals surface area (Å²) in [5.74, 6) is 0.198. The number of ether oxygens (including phenoxy) is 2. The molecule has 0 radical (unpaired) electrons. The van der Waals surface area contributed by atoms with Gasteiger partial charge >= 0.3 is 0 Å². The summed E-state index contributed by atoms with van der Waals surface area (Å²) in [4.78, 5) is 2.03. The highest BCUT2D eigenvalue weighted by atomic mass is 32.2. The Labute approximate surface area is 137 Å². The quantitative estimate of drug-likeness (QED) is 0.691. The molecule has 130 valence electrons. The Bertz CT molecular complexity index is 573. The SMILES string of the molecule is COCCOCc1ccc(CN2CCS(=O)(=O)CC2CO)cc1. The third-order valence-electron chi connectivity index (χ3n) is 3.97. The van der Waals surface area contributed by atoms with E-state index >= 15 is 0 Å². The Hall–Kier alpha value is -0.990. The van der Waals surface area contributed by atoms with Crippen LogP contribution in [0.3, 0.4) is 0 Å². The fourth-order valence-electron chi connectivity index (χ4n) is 2.60. The second-order valence-corrected chi connectivity index (χ2v) is 8.01. The van der Waals surface area contributed by atoms with Gasteiger partial charge in [-0.3, -0.25) is 4.90 Å². The van der Waals surface area contributed by atoms with E-state index in [0.29, 0.717) is 32.9 Å². The van der Waals surface area contributed by atoms with E-state index in [4.69, 9.17) is 9.47 Å². The Kier molecular flexibility index (Phi) is 6.98. The molecule has 1 aromatic carbocycles. The van der Waals surface area contributed by atoms with E-state index in [1.807, 2.05) is 29.2 Å². The van der Waals surface area contributed by atoms with Gasteiger partial charge in [-0.25, -0.2) is 8.42 Å². The van der Waals surface area contributed by atoms with Crippen LogP contribution in [0.2, 0.25) is 0 Å². The van der Waals surface area contributed by atoms with Crippen molar-refractivity contribution in [2.45, 2.75) is 19.2 Å². The number of nitrogens with zero attached hydrogens (tertiary/aromatic N) is 1. The van der Waals surface area contributed by atoms with Gasteiger partial charge in [-0.1, -0.05) is 24.3 Å². The smallest absolute Gasteiger partial charge is 0.153 e. The van der Waals surface area contributed by atoms with Gasteiger partial charge in [0, 0.05) is 26.2 Å². The summed E-state index contributed by atoms with van der Waals surface area (Å²) in [6.45, 7) is 2.67. The molecule has 0 aliphatic carbocycles. The van der Waals surface area contributed by atoms with Crippen molar-refractivity contribution in [3.8, 4) is 0 Å². The number of sulfone groups is 1. The standard InChI is InChI=1S/C16H25NO5S/c1-21-7-8-22-12-15-4-2-14(3-5-15)10-17-6-9-23(19,20)13-16(17)11-18/h2-5,16,18H,6-13H2,1H3. The van der Waals surface area contributed by atoms with Gasteiger partial charge in [0.25, 0.3) is 0 Å². The maximum absolute atomic E-state index is 11.6. The van der Waals surface area contributed by atoms with E-state index in [1.165, 1.54) is 0 Å². The maximum Gasteiger partial charge on any atom is 0.153 e. The van der Waals surface area contributed by atoms with Crippen molar-refractivity contribution < 1.29 is 23.0 Å². The molecule has 1 heterocycles.